The Kier molecular flexibility index (Phi) is 3.29. The van der Waals surface area contributed by atoms with E-state index >= 15 is 0 Å². The van der Waals surface area contributed by atoms with Gasteiger partial charge in [0.15, 0.2) is 0 Å². The van der Waals surface area contributed by atoms with E-state index < -0.39 is 0 Å². The maximum atomic E-state index is 6.51. The molecule has 108 valence electrons. The minimum atomic E-state index is 0.196. The molecule has 3 aliphatic rings. The standard InChI is InChI=1S/C17H24N2O/c18-17(15-9-14(15)12-5-2-1-3-6-12)16-10-19-8-4-7-13(19)11-20-16/h1-3,5-6,13-17H,4,7-11,18H2. The maximum Gasteiger partial charge on any atom is 0.0856 e. The number of nitrogens with two attached hydrogens (primary N) is 1. The first-order chi connectivity index (χ1) is 9.83. The Morgan fingerprint density at radius 1 is 1.25 bits per heavy atom. The minimum absolute atomic E-state index is 0.196. The molecule has 2 N–H and O–H groups in total. The van der Waals surface area contributed by atoms with E-state index in [0.29, 0.717) is 17.9 Å². The molecule has 5 unspecified atom stereocenters. The van der Waals surface area contributed by atoms with Crippen molar-refractivity contribution < 1.29 is 4.74 Å². The quantitative estimate of drug-likeness (QED) is 0.914. The van der Waals surface area contributed by atoms with Gasteiger partial charge in [-0.3, -0.25) is 4.90 Å². The molecule has 1 aromatic carbocycles. The lowest BCUT2D eigenvalue weighted by atomic mass is 10.00. The van der Waals surface area contributed by atoms with Gasteiger partial charge in [0.1, 0.15) is 0 Å². The molecule has 4 rings (SSSR count). The predicted octanol–water partition coefficient (Wildman–Crippen LogP) is 1.98. The van der Waals surface area contributed by atoms with E-state index in [1.54, 1.807) is 0 Å². The second-order valence-corrected chi connectivity index (χ2v) is 6.66. The third kappa shape index (κ3) is 2.28. The normalized spacial score (nSPS) is 38.5. The monoisotopic (exact) mass is 272 g/mol. The number of fused-ring (bicyclic) bond motifs is 1. The zero-order chi connectivity index (χ0) is 13.5. The van der Waals surface area contributed by atoms with Crippen LogP contribution in [0.1, 0.15) is 30.7 Å². The molecule has 0 bridgehead atoms. The second-order valence-electron chi connectivity index (χ2n) is 6.66. The zero-order valence-corrected chi connectivity index (χ0v) is 11.9. The first-order valence-electron chi connectivity index (χ1n) is 7.99. The fourth-order valence-corrected chi connectivity index (χ4v) is 4.07. The van der Waals surface area contributed by atoms with Gasteiger partial charge in [-0.1, -0.05) is 30.3 Å². The van der Waals surface area contributed by atoms with Crippen LogP contribution in [0.25, 0.3) is 0 Å². The average Bonchev–Trinajstić information content (AvgIpc) is 3.17. The average molecular weight is 272 g/mol. The molecular weight excluding hydrogens is 248 g/mol. The highest BCUT2D eigenvalue weighted by Gasteiger charge is 2.47. The van der Waals surface area contributed by atoms with Crippen LogP contribution in [0.2, 0.25) is 0 Å². The Labute approximate surface area is 121 Å². The van der Waals surface area contributed by atoms with Gasteiger partial charge < -0.3 is 10.5 Å². The van der Waals surface area contributed by atoms with Crippen molar-refractivity contribution in [3.8, 4) is 0 Å². The van der Waals surface area contributed by atoms with E-state index in [-0.39, 0.29) is 12.1 Å². The Bertz CT molecular complexity index is 463. The number of morpholine rings is 1. The summed E-state index contributed by atoms with van der Waals surface area (Å²) in [6.07, 6.45) is 4.10. The molecule has 0 amide bonds. The lowest BCUT2D eigenvalue weighted by Gasteiger charge is -2.38. The highest BCUT2D eigenvalue weighted by atomic mass is 16.5. The zero-order valence-electron chi connectivity index (χ0n) is 11.9. The molecule has 0 aromatic heterocycles. The van der Waals surface area contributed by atoms with Crippen molar-refractivity contribution in [2.75, 3.05) is 19.7 Å². The summed E-state index contributed by atoms with van der Waals surface area (Å²) < 4.78 is 6.07. The number of ether oxygens (including phenoxy) is 1. The molecule has 3 fully saturated rings. The molecular formula is C17H24N2O. The molecule has 3 nitrogen and oxygen atoms in total. The van der Waals surface area contributed by atoms with E-state index in [4.69, 9.17) is 10.5 Å². The SMILES string of the molecule is NC(C1CN2CCCC2CO1)C1CC1c1ccccc1. The van der Waals surface area contributed by atoms with Crippen molar-refractivity contribution in [2.24, 2.45) is 11.7 Å². The number of rotatable bonds is 3. The minimum Gasteiger partial charge on any atom is -0.374 e. The van der Waals surface area contributed by atoms with Crippen molar-refractivity contribution in [3.63, 3.8) is 0 Å². The summed E-state index contributed by atoms with van der Waals surface area (Å²) in [4.78, 5) is 2.59. The highest BCUT2D eigenvalue weighted by molar-refractivity contribution is 5.27. The van der Waals surface area contributed by atoms with Gasteiger partial charge >= 0.3 is 0 Å². The third-order valence-electron chi connectivity index (χ3n) is 5.41. The summed E-state index contributed by atoms with van der Waals surface area (Å²) in [5, 5.41) is 0. The first kappa shape index (κ1) is 12.8. The fourth-order valence-electron chi connectivity index (χ4n) is 4.07. The van der Waals surface area contributed by atoms with Crippen LogP contribution in [-0.2, 0) is 4.74 Å². The molecule has 2 aliphatic heterocycles. The van der Waals surface area contributed by atoms with Crippen molar-refractivity contribution in [1.82, 2.24) is 4.90 Å². The summed E-state index contributed by atoms with van der Waals surface area (Å²) >= 11 is 0. The summed E-state index contributed by atoms with van der Waals surface area (Å²) in [7, 11) is 0. The Hall–Kier alpha value is -0.900. The van der Waals surface area contributed by atoms with Gasteiger partial charge in [0.2, 0.25) is 0 Å². The molecule has 1 saturated carbocycles. The van der Waals surface area contributed by atoms with Gasteiger partial charge in [-0.15, -0.1) is 0 Å². The first-order valence-corrected chi connectivity index (χ1v) is 7.99. The predicted molar refractivity (Wildman–Crippen MR) is 79.6 cm³/mol. The smallest absolute Gasteiger partial charge is 0.0856 e. The van der Waals surface area contributed by atoms with Crippen molar-refractivity contribution >= 4 is 0 Å². The van der Waals surface area contributed by atoms with E-state index in [0.717, 1.165) is 13.2 Å². The molecule has 0 radical (unpaired) electrons. The largest absolute Gasteiger partial charge is 0.374 e. The number of benzene rings is 1. The van der Waals surface area contributed by atoms with E-state index in [2.05, 4.69) is 35.2 Å². The van der Waals surface area contributed by atoms with Crippen LogP contribution >= 0.6 is 0 Å². The number of nitrogens with zero attached hydrogens (tertiary/aromatic N) is 1. The Balaban J connectivity index is 1.38. The summed E-state index contributed by atoms with van der Waals surface area (Å²) in [6, 6.07) is 11.7. The van der Waals surface area contributed by atoms with Crippen LogP contribution in [0.5, 0.6) is 0 Å². The molecule has 1 aromatic rings. The van der Waals surface area contributed by atoms with Gasteiger partial charge in [0.25, 0.3) is 0 Å². The molecule has 2 heterocycles. The molecule has 1 aliphatic carbocycles. The van der Waals surface area contributed by atoms with Crippen molar-refractivity contribution in [1.29, 1.82) is 0 Å². The molecule has 20 heavy (non-hydrogen) atoms. The van der Waals surface area contributed by atoms with Gasteiger partial charge in [-0.05, 0) is 43.2 Å². The Morgan fingerprint density at radius 2 is 2.10 bits per heavy atom. The molecule has 0 spiro atoms. The van der Waals surface area contributed by atoms with Gasteiger partial charge in [-0.2, -0.15) is 0 Å². The summed E-state index contributed by atoms with van der Waals surface area (Å²) in [5.41, 5.74) is 7.96. The van der Waals surface area contributed by atoms with Crippen LogP contribution in [0.4, 0.5) is 0 Å². The number of hydrogen-bond donors (Lipinski definition) is 1. The third-order valence-corrected chi connectivity index (χ3v) is 5.41. The molecule has 3 heteroatoms. The van der Waals surface area contributed by atoms with Crippen LogP contribution in [0.15, 0.2) is 30.3 Å². The molecule has 2 saturated heterocycles. The van der Waals surface area contributed by atoms with Crippen LogP contribution in [0, 0.1) is 5.92 Å². The molecule has 5 atom stereocenters. The van der Waals surface area contributed by atoms with E-state index in [1.165, 1.54) is 31.4 Å². The summed E-state index contributed by atoms with van der Waals surface area (Å²) in [5.74, 6) is 1.27. The van der Waals surface area contributed by atoms with Gasteiger partial charge in [0.05, 0.1) is 12.7 Å². The van der Waals surface area contributed by atoms with Gasteiger partial charge in [0, 0.05) is 18.6 Å². The Morgan fingerprint density at radius 3 is 2.95 bits per heavy atom. The maximum absolute atomic E-state index is 6.51. The topological polar surface area (TPSA) is 38.5 Å². The van der Waals surface area contributed by atoms with E-state index in [1.807, 2.05) is 0 Å². The van der Waals surface area contributed by atoms with Crippen LogP contribution < -0.4 is 5.73 Å². The van der Waals surface area contributed by atoms with Crippen LogP contribution in [-0.4, -0.2) is 42.8 Å². The van der Waals surface area contributed by atoms with Crippen molar-refractivity contribution in [2.45, 2.75) is 43.4 Å². The lowest BCUT2D eigenvalue weighted by molar-refractivity contribution is -0.0621. The van der Waals surface area contributed by atoms with E-state index in [9.17, 15) is 0 Å². The lowest BCUT2D eigenvalue weighted by Crippen LogP contribution is -2.53. The van der Waals surface area contributed by atoms with Crippen molar-refractivity contribution in [3.05, 3.63) is 35.9 Å². The fraction of sp³-hybridized carbons (Fsp3) is 0.647. The highest BCUT2D eigenvalue weighted by Crippen LogP contribution is 2.50. The number of hydrogen-bond acceptors (Lipinski definition) is 3. The second kappa shape index (κ2) is 5.14. The van der Waals surface area contributed by atoms with Crippen LogP contribution in [0.3, 0.4) is 0 Å². The summed E-state index contributed by atoms with van der Waals surface area (Å²) in [6.45, 7) is 3.18. The van der Waals surface area contributed by atoms with Gasteiger partial charge in [-0.25, -0.2) is 0 Å².